The molecule has 0 heterocycles. The first kappa shape index (κ1) is 14.7. The Morgan fingerprint density at radius 2 is 2.06 bits per heavy atom. The van der Waals surface area contributed by atoms with Crippen LogP contribution < -0.4 is 5.32 Å². The molecule has 0 bridgehead atoms. The summed E-state index contributed by atoms with van der Waals surface area (Å²) in [6.45, 7) is 2.00. The van der Waals surface area contributed by atoms with Crippen LogP contribution in [0.4, 0.5) is 4.79 Å². The smallest absolute Gasteiger partial charge is 0.326 e. The number of aliphatic hydroxyl groups excluding tert-OH is 1. The molecule has 0 fully saturated rings. The number of carboxylic acids is 1. The number of carbonyl (C=O) groups is 2. The van der Waals surface area contributed by atoms with Crippen LogP contribution in [-0.2, 0) is 4.79 Å². The third kappa shape index (κ3) is 5.55. The lowest BCUT2D eigenvalue weighted by atomic mass is 10.1. The van der Waals surface area contributed by atoms with Gasteiger partial charge in [0, 0.05) is 13.6 Å². The molecule has 94 valence electrons. The van der Waals surface area contributed by atoms with E-state index in [0.29, 0.717) is 6.42 Å². The zero-order valence-corrected chi connectivity index (χ0v) is 9.77. The lowest BCUT2D eigenvalue weighted by molar-refractivity contribution is -0.139. The Kier molecular flexibility index (Phi) is 7.28. The molecule has 0 aromatic carbocycles. The van der Waals surface area contributed by atoms with Crippen LogP contribution in [0.15, 0.2) is 0 Å². The van der Waals surface area contributed by atoms with Gasteiger partial charge in [-0.3, -0.25) is 0 Å². The highest BCUT2D eigenvalue weighted by Gasteiger charge is 2.20. The first-order chi connectivity index (χ1) is 7.52. The summed E-state index contributed by atoms with van der Waals surface area (Å²) >= 11 is 0. The molecule has 16 heavy (non-hydrogen) atoms. The molecule has 0 radical (unpaired) electrons. The van der Waals surface area contributed by atoms with Crippen molar-refractivity contribution >= 4 is 12.0 Å². The number of unbranched alkanes of at least 4 members (excludes halogenated alkanes) is 1. The van der Waals surface area contributed by atoms with Gasteiger partial charge in [0.05, 0.1) is 6.61 Å². The summed E-state index contributed by atoms with van der Waals surface area (Å²) in [6, 6.07) is -1.33. The number of hydrogen-bond donors (Lipinski definition) is 3. The van der Waals surface area contributed by atoms with Crippen molar-refractivity contribution in [3.63, 3.8) is 0 Å². The van der Waals surface area contributed by atoms with Crippen molar-refractivity contribution in [2.24, 2.45) is 0 Å². The minimum absolute atomic E-state index is 0.142. The monoisotopic (exact) mass is 232 g/mol. The minimum atomic E-state index is -1.03. The molecule has 3 N–H and O–H groups in total. The Morgan fingerprint density at radius 3 is 2.50 bits per heavy atom. The third-order valence-electron chi connectivity index (χ3n) is 2.22. The Morgan fingerprint density at radius 1 is 1.44 bits per heavy atom. The first-order valence-corrected chi connectivity index (χ1v) is 5.38. The van der Waals surface area contributed by atoms with E-state index in [9.17, 15) is 9.59 Å². The molecule has 0 aromatic heterocycles. The van der Waals surface area contributed by atoms with Gasteiger partial charge in [-0.25, -0.2) is 9.59 Å². The highest BCUT2D eigenvalue weighted by atomic mass is 16.4. The van der Waals surface area contributed by atoms with E-state index in [-0.39, 0.29) is 13.2 Å². The number of urea groups is 1. The SMILES string of the molecule is CCCCC(NC(=O)N(C)CCO)C(=O)O. The minimum Gasteiger partial charge on any atom is -0.480 e. The van der Waals surface area contributed by atoms with Crippen molar-refractivity contribution in [2.75, 3.05) is 20.2 Å². The van der Waals surface area contributed by atoms with Crippen molar-refractivity contribution < 1.29 is 19.8 Å². The number of aliphatic hydroxyl groups is 1. The Bertz CT molecular complexity index is 233. The number of nitrogens with zero attached hydrogens (tertiary/aromatic N) is 1. The topological polar surface area (TPSA) is 89.9 Å². The molecule has 6 heteroatoms. The van der Waals surface area contributed by atoms with Gasteiger partial charge in [-0.1, -0.05) is 19.8 Å². The molecular weight excluding hydrogens is 212 g/mol. The van der Waals surface area contributed by atoms with E-state index in [1.54, 1.807) is 0 Å². The lowest BCUT2D eigenvalue weighted by Crippen LogP contribution is -2.47. The van der Waals surface area contributed by atoms with E-state index >= 15 is 0 Å². The van der Waals surface area contributed by atoms with Gasteiger partial charge in [0.2, 0.25) is 0 Å². The number of amides is 2. The number of likely N-dealkylation sites (N-methyl/N-ethyl adjacent to an activating group) is 1. The van der Waals surface area contributed by atoms with Crippen molar-refractivity contribution in [3.05, 3.63) is 0 Å². The molecule has 6 nitrogen and oxygen atoms in total. The number of rotatable bonds is 7. The van der Waals surface area contributed by atoms with Crippen LogP contribution in [0.3, 0.4) is 0 Å². The van der Waals surface area contributed by atoms with Crippen molar-refractivity contribution in [2.45, 2.75) is 32.2 Å². The second-order valence-electron chi connectivity index (χ2n) is 3.63. The van der Waals surface area contributed by atoms with Crippen LogP contribution in [0.1, 0.15) is 26.2 Å². The van der Waals surface area contributed by atoms with Gasteiger partial charge < -0.3 is 20.4 Å². The maximum atomic E-state index is 11.5. The number of hydrogen-bond acceptors (Lipinski definition) is 3. The van der Waals surface area contributed by atoms with Crippen LogP contribution in [0, 0.1) is 0 Å². The highest BCUT2D eigenvalue weighted by molar-refractivity contribution is 5.82. The van der Waals surface area contributed by atoms with Crippen LogP contribution in [0.5, 0.6) is 0 Å². The summed E-state index contributed by atoms with van der Waals surface area (Å²) < 4.78 is 0. The van der Waals surface area contributed by atoms with E-state index in [1.807, 2.05) is 6.92 Å². The normalized spacial score (nSPS) is 11.9. The van der Waals surface area contributed by atoms with Crippen LogP contribution >= 0.6 is 0 Å². The quantitative estimate of drug-likeness (QED) is 0.587. The van der Waals surface area contributed by atoms with Gasteiger partial charge in [0.1, 0.15) is 6.04 Å². The maximum absolute atomic E-state index is 11.5. The summed E-state index contributed by atoms with van der Waals surface area (Å²) in [5.74, 6) is -1.03. The fourth-order valence-corrected chi connectivity index (χ4v) is 1.18. The van der Waals surface area contributed by atoms with E-state index in [0.717, 1.165) is 12.8 Å². The third-order valence-corrected chi connectivity index (χ3v) is 2.22. The molecule has 0 saturated heterocycles. The van der Waals surface area contributed by atoms with Gasteiger partial charge >= 0.3 is 12.0 Å². The standard InChI is InChI=1S/C10H20N2O4/c1-3-4-5-8(9(14)15)11-10(16)12(2)6-7-13/h8,13H,3-7H2,1-2H3,(H,11,16)(H,14,15). The molecule has 1 atom stereocenters. The van der Waals surface area contributed by atoms with E-state index in [1.165, 1.54) is 11.9 Å². The summed E-state index contributed by atoms with van der Waals surface area (Å²) in [5.41, 5.74) is 0. The van der Waals surface area contributed by atoms with Crippen LogP contribution in [0.2, 0.25) is 0 Å². The van der Waals surface area contributed by atoms with Crippen LogP contribution in [-0.4, -0.2) is 53.4 Å². The molecular formula is C10H20N2O4. The predicted octanol–water partition coefficient (Wildman–Crippen LogP) is 0.263. The summed E-state index contributed by atoms with van der Waals surface area (Å²) in [7, 11) is 1.50. The van der Waals surface area contributed by atoms with Gasteiger partial charge in [-0.2, -0.15) is 0 Å². The molecule has 0 aliphatic carbocycles. The number of aliphatic carboxylic acids is 1. The number of nitrogens with one attached hydrogen (secondary N) is 1. The summed E-state index contributed by atoms with van der Waals surface area (Å²) in [4.78, 5) is 23.5. The van der Waals surface area contributed by atoms with Crippen molar-refractivity contribution in [1.29, 1.82) is 0 Å². The second kappa shape index (κ2) is 7.92. The summed E-state index contributed by atoms with van der Waals surface area (Å²) in [5, 5.41) is 19.9. The second-order valence-corrected chi connectivity index (χ2v) is 3.63. The largest absolute Gasteiger partial charge is 0.480 e. The molecule has 0 aliphatic heterocycles. The van der Waals surface area contributed by atoms with Gasteiger partial charge in [0.25, 0.3) is 0 Å². The molecule has 2 amide bonds. The average molecular weight is 232 g/mol. The Balaban J connectivity index is 4.17. The molecule has 0 rings (SSSR count). The molecule has 0 aliphatic rings. The summed E-state index contributed by atoms with van der Waals surface area (Å²) in [6.07, 6.45) is 2.05. The zero-order valence-electron chi connectivity index (χ0n) is 9.77. The van der Waals surface area contributed by atoms with Crippen molar-refractivity contribution in [3.8, 4) is 0 Å². The fourth-order valence-electron chi connectivity index (χ4n) is 1.18. The molecule has 0 spiro atoms. The van der Waals surface area contributed by atoms with Gasteiger partial charge in [-0.05, 0) is 6.42 Å². The first-order valence-electron chi connectivity index (χ1n) is 5.38. The van der Waals surface area contributed by atoms with Gasteiger partial charge in [0.15, 0.2) is 0 Å². The Hall–Kier alpha value is -1.30. The average Bonchev–Trinajstić information content (AvgIpc) is 2.23. The molecule has 1 unspecified atom stereocenters. The molecule has 0 saturated carbocycles. The highest BCUT2D eigenvalue weighted by Crippen LogP contribution is 2.01. The maximum Gasteiger partial charge on any atom is 0.326 e. The zero-order chi connectivity index (χ0) is 12.6. The number of carbonyl (C=O) groups excluding carboxylic acids is 1. The van der Waals surface area contributed by atoms with Gasteiger partial charge in [-0.15, -0.1) is 0 Å². The van der Waals surface area contributed by atoms with E-state index in [2.05, 4.69) is 5.32 Å². The lowest BCUT2D eigenvalue weighted by Gasteiger charge is -2.20. The van der Waals surface area contributed by atoms with Crippen LogP contribution in [0.25, 0.3) is 0 Å². The van der Waals surface area contributed by atoms with E-state index < -0.39 is 18.0 Å². The Labute approximate surface area is 95.2 Å². The molecule has 0 aromatic rings. The van der Waals surface area contributed by atoms with E-state index in [4.69, 9.17) is 10.2 Å². The number of carboxylic acid groups (broad SMARTS) is 1. The van der Waals surface area contributed by atoms with Crippen molar-refractivity contribution in [1.82, 2.24) is 10.2 Å². The fraction of sp³-hybridized carbons (Fsp3) is 0.800. The predicted molar refractivity (Wildman–Crippen MR) is 59.2 cm³/mol.